The highest BCUT2D eigenvalue weighted by Gasteiger charge is 2.50. The fraction of sp³-hybridized carbons (Fsp3) is 0.683. The molecule has 1 aliphatic rings. The van der Waals surface area contributed by atoms with Gasteiger partial charge < -0.3 is 39.0 Å². The van der Waals surface area contributed by atoms with E-state index < -0.39 is 67.3 Å². The van der Waals surface area contributed by atoms with Gasteiger partial charge in [0.25, 0.3) is 0 Å². The Hall–Kier alpha value is -4.36. The summed E-state index contributed by atoms with van der Waals surface area (Å²) in [5.74, 6) is -3.26. The molecule has 75 heavy (non-hydrogen) atoms. The predicted molar refractivity (Wildman–Crippen MR) is 303 cm³/mol. The van der Waals surface area contributed by atoms with Gasteiger partial charge in [0.05, 0.1) is 6.61 Å². The van der Waals surface area contributed by atoms with Crippen molar-refractivity contribution in [2.45, 2.75) is 263 Å². The smallest absolute Gasteiger partial charge is 0.335 e. The lowest BCUT2D eigenvalue weighted by Gasteiger charge is -2.40. The van der Waals surface area contributed by atoms with Crippen molar-refractivity contribution in [2.24, 2.45) is 0 Å². The van der Waals surface area contributed by atoms with Gasteiger partial charge in [-0.1, -0.05) is 201 Å². The maximum absolute atomic E-state index is 13.1. The predicted octanol–water partition coefficient (Wildman–Crippen LogP) is 14.9. The number of allylic oxidation sites excluding steroid dienone is 16. The van der Waals surface area contributed by atoms with Crippen LogP contribution in [0.1, 0.15) is 226 Å². The fourth-order valence-electron chi connectivity index (χ4n) is 8.13. The number of ether oxygens (including phenoxy) is 5. The van der Waals surface area contributed by atoms with Crippen LogP contribution < -0.4 is 0 Å². The highest BCUT2D eigenvalue weighted by molar-refractivity contribution is 5.74. The molecular weight excluding hydrogens is 949 g/mol. The van der Waals surface area contributed by atoms with Crippen LogP contribution in [0.15, 0.2) is 97.2 Å². The summed E-state index contributed by atoms with van der Waals surface area (Å²) in [5.41, 5.74) is 0. The average Bonchev–Trinajstić information content (AvgIpc) is 3.39. The Morgan fingerprint density at radius 2 is 0.880 bits per heavy atom. The number of aliphatic hydroxyl groups is 2. The van der Waals surface area contributed by atoms with Crippen LogP contribution in [0.2, 0.25) is 0 Å². The van der Waals surface area contributed by atoms with Crippen LogP contribution >= 0.6 is 0 Å². The second-order valence-corrected chi connectivity index (χ2v) is 19.5. The van der Waals surface area contributed by atoms with Crippen molar-refractivity contribution in [1.82, 2.24) is 0 Å². The Balaban J connectivity index is 2.73. The molecule has 426 valence electrons. The largest absolute Gasteiger partial charge is 0.479 e. The Morgan fingerprint density at radius 1 is 0.453 bits per heavy atom. The molecule has 3 N–H and O–H groups in total. The zero-order valence-corrected chi connectivity index (χ0v) is 46.8. The average molecular weight is 1050 g/mol. The number of carbonyl (C=O) groups excluding carboxylic acids is 3. The van der Waals surface area contributed by atoms with E-state index in [1.165, 1.54) is 51.4 Å². The molecule has 0 bridgehead atoms. The van der Waals surface area contributed by atoms with E-state index in [9.17, 15) is 34.5 Å². The first-order chi connectivity index (χ1) is 36.6. The minimum absolute atomic E-state index is 0.0391. The molecule has 1 saturated heterocycles. The topological polar surface area (TPSA) is 175 Å². The summed E-state index contributed by atoms with van der Waals surface area (Å²) in [6.45, 7) is 5.74. The number of hydrogen-bond acceptors (Lipinski definition) is 11. The van der Waals surface area contributed by atoms with Crippen LogP contribution in [0.3, 0.4) is 0 Å². The van der Waals surface area contributed by atoms with Gasteiger partial charge in [-0.15, -0.1) is 0 Å². The first kappa shape index (κ1) is 68.7. The van der Waals surface area contributed by atoms with Crippen LogP contribution in [-0.2, 0) is 42.9 Å². The number of aliphatic carboxylic acids is 1. The molecule has 0 spiro atoms. The fourth-order valence-corrected chi connectivity index (χ4v) is 8.13. The van der Waals surface area contributed by atoms with E-state index in [0.717, 1.165) is 116 Å². The van der Waals surface area contributed by atoms with Gasteiger partial charge in [0.1, 0.15) is 18.8 Å². The molecule has 1 fully saturated rings. The summed E-state index contributed by atoms with van der Waals surface area (Å²) in [7, 11) is 0. The summed E-state index contributed by atoms with van der Waals surface area (Å²) >= 11 is 0. The third-order valence-electron chi connectivity index (χ3n) is 12.6. The van der Waals surface area contributed by atoms with Crippen molar-refractivity contribution in [1.29, 1.82) is 0 Å². The van der Waals surface area contributed by atoms with E-state index in [2.05, 4.69) is 106 Å². The lowest BCUT2D eigenvalue weighted by molar-refractivity contribution is -0.301. The van der Waals surface area contributed by atoms with Gasteiger partial charge in [0.2, 0.25) is 0 Å². The van der Waals surface area contributed by atoms with Gasteiger partial charge in [-0.2, -0.15) is 0 Å². The Labute approximate surface area is 453 Å². The normalized spacial score (nSPS) is 18.9. The number of carbonyl (C=O) groups is 4. The van der Waals surface area contributed by atoms with Gasteiger partial charge in [0.15, 0.2) is 24.6 Å². The summed E-state index contributed by atoms with van der Waals surface area (Å²) in [6, 6.07) is 0. The van der Waals surface area contributed by atoms with E-state index in [0.29, 0.717) is 19.3 Å². The van der Waals surface area contributed by atoms with E-state index in [4.69, 9.17) is 23.7 Å². The number of hydrogen-bond donors (Lipinski definition) is 3. The zero-order valence-electron chi connectivity index (χ0n) is 46.8. The second-order valence-electron chi connectivity index (χ2n) is 19.5. The Kier molecular flexibility index (Phi) is 46.2. The lowest BCUT2D eigenvalue weighted by Crippen LogP contribution is -2.61. The molecule has 12 nitrogen and oxygen atoms in total. The monoisotopic (exact) mass is 1050 g/mol. The molecule has 0 aliphatic carbocycles. The Bertz CT molecular complexity index is 1670. The SMILES string of the molecule is CC/C=C\C/C=C\C/C=C\C/C=C\C/C=C\C/C=C\CCC(=O)OCC(COC1OC(C(=O)O)C(O)C(O)C1OC(=O)CCCCCCC/C=C\CCCCCCCC)OC(=O)CCCCCCC/C=C\CCCC. The maximum Gasteiger partial charge on any atom is 0.335 e. The molecule has 1 rings (SSSR count). The van der Waals surface area contributed by atoms with E-state index in [-0.39, 0.29) is 25.9 Å². The van der Waals surface area contributed by atoms with Gasteiger partial charge in [-0.3, -0.25) is 14.4 Å². The number of rotatable bonds is 48. The zero-order chi connectivity index (χ0) is 54.7. The third-order valence-corrected chi connectivity index (χ3v) is 12.6. The standard InChI is InChI=1S/C63H102O12/c1-4-7-10-13-16-19-22-24-26-27-28-29-31-32-35-37-40-43-46-49-55(64)71-52-54(73-56(65)50-47-44-41-38-34-21-18-15-12-9-6-3)53-72-63-61(59(68)58(67)60(75-63)62(69)70)74-57(66)51-48-45-42-39-36-33-30-25-23-20-17-14-11-8-5-2/h7,10,15-16,18-19,24-26,28-30,32,35,40,43,54,58-61,63,67-68H,4-6,8-9,11-14,17,20-23,27,31,33-34,36-39,41-42,44-53H2,1-3H3,(H,69,70)/b10-7-,18-15-,19-16-,26-24-,29-28-,30-25-,35-32-,43-40-. The van der Waals surface area contributed by atoms with Crippen LogP contribution in [0, 0.1) is 0 Å². The number of carboxylic acids is 1. The molecular formula is C63H102O12. The second kappa shape index (κ2) is 50.5. The minimum Gasteiger partial charge on any atom is -0.479 e. The third kappa shape index (κ3) is 40.6. The molecule has 12 heteroatoms. The molecule has 6 atom stereocenters. The van der Waals surface area contributed by atoms with E-state index in [1.54, 1.807) is 0 Å². The van der Waals surface area contributed by atoms with Crippen molar-refractivity contribution in [3.63, 3.8) is 0 Å². The molecule has 1 heterocycles. The van der Waals surface area contributed by atoms with Crippen LogP contribution in [0.4, 0.5) is 0 Å². The van der Waals surface area contributed by atoms with Crippen LogP contribution in [0.5, 0.6) is 0 Å². The molecule has 1 aliphatic heterocycles. The van der Waals surface area contributed by atoms with Crippen LogP contribution in [-0.4, -0.2) is 89.2 Å². The minimum atomic E-state index is -1.92. The number of aliphatic hydroxyl groups excluding tert-OH is 2. The highest BCUT2D eigenvalue weighted by Crippen LogP contribution is 2.26. The maximum atomic E-state index is 13.1. The van der Waals surface area contributed by atoms with Gasteiger partial charge >= 0.3 is 23.9 Å². The molecule has 0 amide bonds. The summed E-state index contributed by atoms with van der Waals surface area (Å²) in [4.78, 5) is 51.0. The van der Waals surface area contributed by atoms with E-state index >= 15 is 0 Å². The molecule has 0 radical (unpaired) electrons. The first-order valence-electron chi connectivity index (χ1n) is 29.2. The van der Waals surface area contributed by atoms with E-state index in [1.807, 2.05) is 12.2 Å². The van der Waals surface area contributed by atoms with Crippen molar-refractivity contribution in [3.05, 3.63) is 97.2 Å². The van der Waals surface area contributed by atoms with Crippen LogP contribution in [0.25, 0.3) is 0 Å². The number of esters is 3. The van der Waals surface area contributed by atoms with Gasteiger partial charge in [-0.05, 0) is 103 Å². The first-order valence-corrected chi connectivity index (χ1v) is 29.2. The number of unbranched alkanes of at least 4 members (excludes halogenated alkanes) is 18. The molecule has 0 aromatic carbocycles. The summed E-state index contributed by atoms with van der Waals surface area (Å²) < 4.78 is 28.3. The highest BCUT2D eigenvalue weighted by atomic mass is 16.7. The van der Waals surface area contributed by atoms with Crippen molar-refractivity contribution >= 4 is 23.9 Å². The van der Waals surface area contributed by atoms with Crippen molar-refractivity contribution < 1.29 is 58.2 Å². The lowest BCUT2D eigenvalue weighted by atomic mass is 9.98. The summed E-state index contributed by atoms with van der Waals surface area (Å²) in [6.07, 6.45) is 54.0. The van der Waals surface area contributed by atoms with Crippen molar-refractivity contribution in [2.75, 3.05) is 13.2 Å². The van der Waals surface area contributed by atoms with Gasteiger partial charge in [-0.25, -0.2) is 4.79 Å². The van der Waals surface area contributed by atoms with Crippen molar-refractivity contribution in [3.8, 4) is 0 Å². The molecule has 6 unspecified atom stereocenters. The quantitative estimate of drug-likeness (QED) is 0.0228. The Morgan fingerprint density at radius 3 is 1.37 bits per heavy atom. The molecule has 0 aromatic heterocycles. The number of carboxylic acid groups (broad SMARTS) is 1. The molecule has 0 saturated carbocycles. The van der Waals surface area contributed by atoms with Gasteiger partial charge in [0, 0.05) is 19.3 Å². The molecule has 0 aromatic rings. The summed E-state index contributed by atoms with van der Waals surface area (Å²) in [5, 5.41) is 31.4.